The van der Waals surface area contributed by atoms with Crippen LogP contribution in [0.5, 0.6) is 5.75 Å². The Hall–Kier alpha value is -3.40. The largest absolute Gasteiger partial charge is 0.497 e. The molecule has 0 spiro atoms. The molecule has 1 N–H and O–H groups in total. The number of methoxy groups -OCH3 is 1. The van der Waals surface area contributed by atoms with Gasteiger partial charge in [0.1, 0.15) is 11.6 Å². The Bertz CT molecular complexity index is 1270. The maximum Gasteiger partial charge on any atom is 0.450 e. The first kappa shape index (κ1) is 20.9. The second-order valence-electron chi connectivity index (χ2n) is 6.46. The fraction of sp³-hybridized carbons (Fsp3) is 0.0952. The third kappa shape index (κ3) is 4.11. The van der Waals surface area contributed by atoms with Gasteiger partial charge in [-0.1, -0.05) is 12.1 Å². The van der Waals surface area contributed by atoms with Gasteiger partial charge in [-0.3, -0.25) is 9.36 Å². The molecule has 0 aliphatic carbocycles. The fourth-order valence-corrected chi connectivity index (χ4v) is 3.52. The van der Waals surface area contributed by atoms with E-state index in [1.807, 2.05) is 0 Å². The molecule has 0 aliphatic heterocycles. The Morgan fingerprint density at radius 1 is 1.13 bits per heavy atom. The van der Waals surface area contributed by atoms with E-state index in [9.17, 15) is 18.0 Å². The number of carbonyl (C=O) groups is 1. The molecule has 4 rings (SSSR count). The van der Waals surface area contributed by atoms with E-state index < -0.39 is 17.9 Å². The molecule has 0 unspecified atom stereocenters. The van der Waals surface area contributed by atoms with Gasteiger partial charge in [-0.2, -0.15) is 13.2 Å². The Labute approximate surface area is 182 Å². The number of benzene rings is 2. The van der Waals surface area contributed by atoms with Crippen molar-refractivity contribution in [1.82, 2.24) is 14.5 Å². The molecule has 0 saturated heterocycles. The van der Waals surface area contributed by atoms with E-state index in [-0.39, 0.29) is 22.5 Å². The standard InChI is InChI=1S/C21H14BrF3N4O2/c1-31-13-7-8-17-16(10-13)27-20(21(23,24)25)29(17)12-6-9-18(26-11-12)28-19(30)14-4-2-3-5-15(14)22/h2-11H,1H3,(H,26,28,30). The number of pyridine rings is 1. The van der Waals surface area contributed by atoms with Gasteiger partial charge >= 0.3 is 6.18 Å². The smallest absolute Gasteiger partial charge is 0.450 e. The zero-order valence-electron chi connectivity index (χ0n) is 15.9. The zero-order chi connectivity index (χ0) is 22.2. The summed E-state index contributed by atoms with van der Waals surface area (Å²) in [7, 11) is 1.42. The van der Waals surface area contributed by atoms with Gasteiger partial charge in [-0.05, 0) is 52.3 Å². The van der Waals surface area contributed by atoms with Gasteiger partial charge in [0.15, 0.2) is 0 Å². The number of imidazole rings is 1. The van der Waals surface area contributed by atoms with Crippen molar-refractivity contribution in [2.45, 2.75) is 6.18 Å². The van der Waals surface area contributed by atoms with E-state index in [0.29, 0.717) is 15.8 Å². The molecular weight excluding hydrogens is 477 g/mol. The van der Waals surface area contributed by atoms with Crippen LogP contribution in [-0.4, -0.2) is 27.6 Å². The van der Waals surface area contributed by atoms with E-state index in [2.05, 4.69) is 31.2 Å². The highest BCUT2D eigenvalue weighted by Crippen LogP contribution is 2.34. The predicted octanol–water partition coefficient (Wildman–Crippen LogP) is 5.46. The van der Waals surface area contributed by atoms with Crippen LogP contribution < -0.4 is 10.1 Å². The number of anilines is 1. The van der Waals surface area contributed by atoms with Crippen molar-refractivity contribution in [1.29, 1.82) is 0 Å². The molecule has 2 aromatic heterocycles. The number of hydrogen-bond donors (Lipinski definition) is 1. The molecular formula is C21H14BrF3N4O2. The van der Waals surface area contributed by atoms with Crippen LogP contribution in [0, 0.1) is 0 Å². The van der Waals surface area contributed by atoms with Crippen LogP contribution in [-0.2, 0) is 6.18 Å². The average Bonchev–Trinajstić information content (AvgIpc) is 3.14. The first-order chi connectivity index (χ1) is 14.8. The monoisotopic (exact) mass is 490 g/mol. The van der Waals surface area contributed by atoms with Crippen molar-refractivity contribution in [3.63, 3.8) is 0 Å². The zero-order valence-corrected chi connectivity index (χ0v) is 17.5. The molecule has 1 amide bonds. The van der Waals surface area contributed by atoms with E-state index in [1.165, 1.54) is 37.6 Å². The number of hydrogen-bond acceptors (Lipinski definition) is 4. The quantitative estimate of drug-likeness (QED) is 0.412. The summed E-state index contributed by atoms with van der Waals surface area (Å²) in [6.07, 6.45) is -3.44. The number of nitrogens with one attached hydrogen (secondary N) is 1. The minimum absolute atomic E-state index is 0.137. The highest BCUT2D eigenvalue weighted by Gasteiger charge is 2.38. The topological polar surface area (TPSA) is 69.0 Å². The van der Waals surface area contributed by atoms with Crippen LogP contribution in [0.3, 0.4) is 0 Å². The molecule has 10 heteroatoms. The predicted molar refractivity (Wildman–Crippen MR) is 113 cm³/mol. The summed E-state index contributed by atoms with van der Waals surface area (Å²) in [6.45, 7) is 0. The first-order valence-corrected chi connectivity index (χ1v) is 9.73. The number of rotatable bonds is 4. The van der Waals surface area contributed by atoms with Crippen molar-refractivity contribution in [2.24, 2.45) is 0 Å². The van der Waals surface area contributed by atoms with E-state index in [4.69, 9.17) is 4.74 Å². The molecule has 6 nitrogen and oxygen atoms in total. The van der Waals surface area contributed by atoms with Crippen LogP contribution in [0.1, 0.15) is 16.2 Å². The minimum atomic E-state index is -4.68. The molecule has 0 radical (unpaired) electrons. The Morgan fingerprint density at radius 3 is 2.55 bits per heavy atom. The van der Waals surface area contributed by atoms with Crippen molar-refractivity contribution in [3.05, 3.63) is 76.7 Å². The molecule has 158 valence electrons. The minimum Gasteiger partial charge on any atom is -0.497 e. The second kappa shape index (κ2) is 8.03. The van der Waals surface area contributed by atoms with Crippen LogP contribution >= 0.6 is 15.9 Å². The highest BCUT2D eigenvalue weighted by molar-refractivity contribution is 9.10. The maximum absolute atomic E-state index is 13.6. The number of nitrogens with zero attached hydrogens (tertiary/aromatic N) is 3. The van der Waals surface area contributed by atoms with Gasteiger partial charge < -0.3 is 10.1 Å². The van der Waals surface area contributed by atoms with Crippen LogP contribution in [0.4, 0.5) is 19.0 Å². The summed E-state index contributed by atoms with van der Waals surface area (Å²) in [5.41, 5.74) is 0.944. The molecule has 0 saturated carbocycles. The van der Waals surface area contributed by atoms with Crippen LogP contribution in [0.25, 0.3) is 16.7 Å². The van der Waals surface area contributed by atoms with E-state index in [1.54, 1.807) is 30.3 Å². The van der Waals surface area contributed by atoms with Gasteiger partial charge in [0.05, 0.1) is 35.6 Å². The van der Waals surface area contributed by atoms with Crippen molar-refractivity contribution in [3.8, 4) is 11.4 Å². The lowest BCUT2D eigenvalue weighted by atomic mass is 10.2. The molecule has 2 aromatic carbocycles. The summed E-state index contributed by atoms with van der Waals surface area (Å²) in [6, 6.07) is 14.2. The summed E-state index contributed by atoms with van der Waals surface area (Å²) < 4.78 is 47.6. The number of alkyl halides is 3. The number of ether oxygens (including phenoxy) is 1. The Balaban J connectivity index is 1.70. The Morgan fingerprint density at radius 2 is 1.90 bits per heavy atom. The van der Waals surface area contributed by atoms with Gasteiger partial charge in [-0.25, -0.2) is 9.97 Å². The number of aromatic nitrogens is 3. The summed E-state index contributed by atoms with van der Waals surface area (Å²) in [4.78, 5) is 20.3. The summed E-state index contributed by atoms with van der Waals surface area (Å²) in [5, 5.41) is 2.62. The fourth-order valence-electron chi connectivity index (χ4n) is 3.06. The van der Waals surface area contributed by atoms with Crippen LogP contribution in [0.15, 0.2) is 65.3 Å². The van der Waals surface area contributed by atoms with Crippen LogP contribution in [0.2, 0.25) is 0 Å². The molecule has 0 fully saturated rings. The van der Waals surface area contributed by atoms with Crippen molar-refractivity contribution >= 4 is 38.7 Å². The molecule has 0 atom stereocenters. The van der Waals surface area contributed by atoms with Crippen molar-refractivity contribution < 1.29 is 22.7 Å². The number of carbonyl (C=O) groups excluding carboxylic acids is 1. The van der Waals surface area contributed by atoms with Gasteiger partial charge in [-0.15, -0.1) is 0 Å². The van der Waals surface area contributed by atoms with E-state index in [0.717, 1.165) is 4.57 Å². The number of halogens is 4. The lowest BCUT2D eigenvalue weighted by Gasteiger charge is -2.12. The normalized spacial score (nSPS) is 11.5. The Kier molecular flexibility index (Phi) is 5.40. The molecule has 0 bridgehead atoms. The first-order valence-electron chi connectivity index (χ1n) is 8.94. The lowest BCUT2D eigenvalue weighted by molar-refractivity contribution is -0.145. The molecule has 0 aliphatic rings. The lowest BCUT2D eigenvalue weighted by Crippen LogP contribution is -2.15. The SMILES string of the molecule is COc1ccc2c(c1)nc(C(F)(F)F)n2-c1ccc(NC(=O)c2ccccc2Br)nc1. The summed E-state index contributed by atoms with van der Waals surface area (Å²) in [5.74, 6) is -0.885. The third-order valence-electron chi connectivity index (χ3n) is 4.48. The molecule has 2 heterocycles. The summed E-state index contributed by atoms with van der Waals surface area (Å²) >= 11 is 3.30. The molecule has 4 aromatic rings. The number of amides is 1. The average molecular weight is 491 g/mol. The van der Waals surface area contributed by atoms with Gasteiger partial charge in [0, 0.05) is 10.5 Å². The maximum atomic E-state index is 13.6. The second-order valence-corrected chi connectivity index (χ2v) is 7.31. The highest BCUT2D eigenvalue weighted by atomic mass is 79.9. The third-order valence-corrected chi connectivity index (χ3v) is 5.17. The van der Waals surface area contributed by atoms with Crippen molar-refractivity contribution in [2.75, 3.05) is 12.4 Å². The van der Waals surface area contributed by atoms with E-state index >= 15 is 0 Å². The van der Waals surface area contributed by atoms with Gasteiger partial charge in [0.25, 0.3) is 5.91 Å². The van der Waals surface area contributed by atoms with Gasteiger partial charge in [0.2, 0.25) is 5.82 Å². The number of fused-ring (bicyclic) bond motifs is 1. The molecule has 31 heavy (non-hydrogen) atoms.